The summed E-state index contributed by atoms with van der Waals surface area (Å²) >= 11 is 0. The largest absolute Gasteiger partial charge is 0.379 e. The summed E-state index contributed by atoms with van der Waals surface area (Å²) in [7, 11) is 0. The number of carbonyl (C=O) groups excluding carboxylic acids is 2. The minimum Gasteiger partial charge on any atom is -0.379 e. The van der Waals surface area contributed by atoms with Gasteiger partial charge in [-0.2, -0.15) is 0 Å². The second-order valence-corrected chi connectivity index (χ2v) is 7.77. The van der Waals surface area contributed by atoms with Crippen LogP contribution in [0.3, 0.4) is 0 Å². The van der Waals surface area contributed by atoms with Crippen LogP contribution in [0, 0.1) is 17.8 Å². The van der Waals surface area contributed by atoms with Crippen LogP contribution in [-0.2, 0) is 14.3 Å². The molecule has 6 nitrogen and oxygen atoms in total. The van der Waals surface area contributed by atoms with E-state index in [-0.39, 0.29) is 23.7 Å². The lowest BCUT2D eigenvalue weighted by molar-refractivity contribution is -0.130. The summed E-state index contributed by atoms with van der Waals surface area (Å²) in [5.74, 6) is 1.10. The zero-order valence-corrected chi connectivity index (χ0v) is 15.9. The number of hydrogen-bond donors (Lipinski definition) is 2. The Kier molecular flexibility index (Phi) is 8.68. The number of carbonyl (C=O) groups is 2. The summed E-state index contributed by atoms with van der Waals surface area (Å²) < 4.78 is 5.33. The summed E-state index contributed by atoms with van der Waals surface area (Å²) in [5.41, 5.74) is 0. The van der Waals surface area contributed by atoms with Crippen LogP contribution >= 0.6 is 0 Å². The third-order valence-corrected chi connectivity index (χ3v) is 5.32. The topological polar surface area (TPSA) is 70.7 Å². The Morgan fingerprint density at radius 1 is 0.960 bits per heavy atom. The fraction of sp³-hybridized carbons (Fsp3) is 0.895. The fourth-order valence-electron chi connectivity index (χ4n) is 3.55. The first-order chi connectivity index (χ1) is 12.1. The Balaban J connectivity index is 1.58. The highest BCUT2D eigenvalue weighted by atomic mass is 16.5. The molecule has 0 bridgehead atoms. The third kappa shape index (κ3) is 7.32. The molecule has 1 aliphatic carbocycles. The summed E-state index contributed by atoms with van der Waals surface area (Å²) in [6.45, 7) is 10.2. The Morgan fingerprint density at radius 2 is 1.48 bits per heavy atom. The van der Waals surface area contributed by atoms with E-state index < -0.39 is 0 Å². The van der Waals surface area contributed by atoms with E-state index in [2.05, 4.69) is 29.4 Å². The van der Waals surface area contributed by atoms with E-state index in [1.807, 2.05) is 0 Å². The van der Waals surface area contributed by atoms with Crippen molar-refractivity contribution in [3.63, 3.8) is 0 Å². The van der Waals surface area contributed by atoms with Gasteiger partial charge in [0, 0.05) is 44.6 Å². The normalized spacial score (nSPS) is 24.9. The summed E-state index contributed by atoms with van der Waals surface area (Å²) in [5, 5.41) is 6.11. The number of morpholine rings is 1. The molecule has 6 heteroatoms. The van der Waals surface area contributed by atoms with Crippen LogP contribution in [0.15, 0.2) is 0 Å². The quantitative estimate of drug-likeness (QED) is 0.692. The van der Waals surface area contributed by atoms with E-state index in [0.717, 1.165) is 71.5 Å². The first-order valence-electron chi connectivity index (χ1n) is 9.91. The minimum atomic E-state index is 0.0735. The van der Waals surface area contributed by atoms with Crippen LogP contribution in [0.1, 0.15) is 46.0 Å². The highest BCUT2D eigenvalue weighted by Crippen LogP contribution is 2.29. The van der Waals surface area contributed by atoms with Crippen molar-refractivity contribution in [3.05, 3.63) is 0 Å². The van der Waals surface area contributed by atoms with Gasteiger partial charge in [-0.3, -0.25) is 14.5 Å². The van der Waals surface area contributed by atoms with Gasteiger partial charge in [-0.05, 0) is 38.0 Å². The van der Waals surface area contributed by atoms with Gasteiger partial charge in [0.25, 0.3) is 0 Å². The molecule has 2 aliphatic rings. The molecule has 0 aromatic rings. The molecule has 2 amide bonds. The molecule has 0 unspecified atom stereocenters. The maximum Gasteiger partial charge on any atom is 0.223 e. The Bertz CT molecular complexity index is 414. The van der Waals surface area contributed by atoms with Crippen LogP contribution in [0.4, 0.5) is 0 Å². The van der Waals surface area contributed by atoms with Gasteiger partial charge in [-0.15, -0.1) is 0 Å². The molecular weight excluding hydrogens is 318 g/mol. The van der Waals surface area contributed by atoms with E-state index in [1.165, 1.54) is 0 Å². The lowest BCUT2D eigenvalue weighted by Gasteiger charge is -2.28. The Labute approximate surface area is 152 Å². The maximum absolute atomic E-state index is 12.3. The lowest BCUT2D eigenvalue weighted by Crippen LogP contribution is -2.43. The molecule has 144 valence electrons. The van der Waals surface area contributed by atoms with Crippen LogP contribution in [0.5, 0.6) is 0 Å². The Hall–Kier alpha value is -1.14. The number of nitrogens with one attached hydrogen (secondary N) is 2. The van der Waals surface area contributed by atoms with Crippen molar-refractivity contribution < 1.29 is 14.3 Å². The summed E-state index contributed by atoms with van der Waals surface area (Å²) in [6, 6.07) is 0. The highest BCUT2D eigenvalue weighted by molar-refractivity contribution is 5.81. The third-order valence-electron chi connectivity index (χ3n) is 5.32. The van der Waals surface area contributed by atoms with E-state index in [4.69, 9.17) is 4.74 Å². The standard InChI is InChI=1S/C19H35N3O3/c1-15(2)7-8-20-18(23)16-3-5-17(6-4-16)19(24)21-9-10-22-11-13-25-14-12-22/h15-17H,3-14H2,1-2H3,(H,20,23)(H,21,24). The van der Waals surface area contributed by atoms with E-state index >= 15 is 0 Å². The zero-order valence-electron chi connectivity index (χ0n) is 15.9. The van der Waals surface area contributed by atoms with E-state index in [0.29, 0.717) is 12.5 Å². The molecule has 2 rings (SSSR count). The molecule has 1 saturated heterocycles. The van der Waals surface area contributed by atoms with Crippen molar-refractivity contribution in [1.29, 1.82) is 0 Å². The molecule has 0 spiro atoms. The zero-order chi connectivity index (χ0) is 18.1. The van der Waals surface area contributed by atoms with Gasteiger partial charge in [0.15, 0.2) is 0 Å². The number of nitrogens with zero attached hydrogens (tertiary/aromatic N) is 1. The molecule has 2 fully saturated rings. The van der Waals surface area contributed by atoms with Crippen molar-refractivity contribution in [2.75, 3.05) is 45.9 Å². The minimum absolute atomic E-state index is 0.0735. The SMILES string of the molecule is CC(C)CCNC(=O)C1CCC(C(=O)NCCN2CCOCC2)CC1. The van der Waals surface area contributed by atoms with Gasteiger partial charge in [-0.25, -0.2) is 0 Å². The van der Waals surface area contributed by atoms with E-state index in [9.17, 15) is 9.59 Å². The number of amides is 2. The molecule has 1 saturated carbocycles. The predicted molar refractivity (Wildman–Crippen MR) is 98.2 cm³/mol. The average molecular weight is 354 g/mol. The van der Waals surface area contributed by atoms with Gasteiger partial charge in [-0.1, -0.05) is 13.8 Å². The summed E-state index contributed by atoms with van der Waals surface area (Å²) in [4.78, 5) is 26.8. The molecule has 1 heterocycles. The lowest BCUT2D eigenvalue weighted by atomic mass is 9.81. The van der Waals surface area contributed by atoms with Crippen molar-refractivity contribution in [2.45, 2.75) is 46.0 Å². The molecular formula is C19H35N3O3. The fourth-order valence-corrected chi connectivity index (χ4v) is 3.55. The molecule has 1 aliphatic heterocycles. The van der Waals surface area contributed by atoms with Crippen LogP contribution in [-0.4, -0.2) is 62.7 Å². The van der Waals surface area contributed by atoms with Gasteiger partial charge in [0.05, 0.1) is 13.2 Å². The molecule has 0 aromatic heterocycles. The monoisotopic (exact) mass is 353 g/mol. The first kappa shape index (κ1) is 20.2. The number of ether oxygens (including phenoxy) is 1. The summed E-state index contributed by atoms with van der Waals surface area (Å²) in [6.07, 6.45) is 4.33. The molecule has 0 atom stereocenters. The first-order valence-corrected chi connectivity index (χ1v) is 9.91. The molecule has 0 radical (unpaired) electrons. The number of rotatable bonds is 8. The second-order valence-electron chi connectivity index (χ2n) is 7.77. The van der Waals surface area contributed by atoms with Gasteiger partial charge >= 0.3 is 0 Å². The number of hydrogen-bond acceptors (Lipinski definition) is 4. The highest BCUT2D eigenvalue weighted by Gasteiger charge is 2.29. The average Bonchev–Trinajstić information content (AvgIpc) is 2.62. The molecule has 0 aromatic carbocycles. The van der Waals surface area contributed by atoms with Crippen molar-refractivity contribution in [2.24, 2.45) is 17.8 Å². The van der Waals surface area contributed by atoms with Crippen molar-refractivity contribution >= 4 is 11.8 Å². The second kappa shape index (κ2) is 10.8. The van der Waals surface area contributed by atoms with Crippen LogP contribution < -0.4 is 10.6 Å². The van der Waals surface area contributed by atoms with Crippen molar-refractivity contribution in [1.82, 2.24) is 15.5 Å². The van der Waals surface area contributed by atoms with Crippen LogP contribution in [0.25, 0.3) is 0 Å². The molecule has 25 heavy (non-hydrogen) atoms. The Morgan fingerprint density at radius 3 is 2.00 bits per heavy atom. The maximum atomic E-state index is 12.3. The van der Waals surface area contributed by atoms with Gasteiger partial charge in [0.1, 0.15) is 0 Å². The van der Waals surface area contributed by atoms with Gasteiger partial charge < -0.3 is 15.4 Å². The van der Waals surface area contributed by atoms with Crippen molar-refractivity contribution in [3.8, 4) is 0 Å². The van der Waals surface area contributed by atoms with Gasteiger partial charge in [0.2, 0.25) is 11.8 Å². The molecule has 2 N–H and O–H groups in total. The predicted octanol–water partition coefficient (Wildman–Crippen LogP) is 1.40. The smallest absolute Gasteiger partial charge is 0.223 e. The van der Waals surface area contributed by atoms with E-state index in [1.54, 1.807) is 0 Å². The van der Waals surface area contributed by atoms with Crippen LogP contribution in [0.2, 0.25) is 0 Å².